The zero-order valence-corrected chi connectivity index (χ0v) is 20.4. The van der Waals surface area contributed by atoms with E-state index in [4.69, 9.17) is 4.74 Å². The van der Waals surface area contributed by atoms with E-state index in [1.54, 1.807) is 18.2 Å². The zero-order chi connectivity index (χ0) is 25.4. The van der Waals surface area contributed by atoms with E-state index >= 15 is 0 Å². The lowest BCUT2D eigenvalue weighted by Gasteiger charge is -2.21. The monoisotopic (exact) mass is 477 g/mol. The summed E-state index contributed by atoms with van der Waals surface area (Å²) in [5.41, 5.74) is 3.10. The molecule has 0 atom stereocenters. The van der Waals surface area contributed by atoms with Gasteiger partial charge in [0.2, 0.25) is 5.91 Å². The number of amides is 1. The highest BCUT2D eigenvalue weighted by Gasteiger charge is 2.18. The van der Waals surface area contributed by atoms with Crippen LogP contribution in [0.25, 0.3) is 11.1 Å². The second-order valence-electron chi connectivity index (χ2n) is 8.73. The van der Waals surface area contributed by atoms with Crippen molar-refractivity contribution < 1.29 is 23.8 Å². The Morgan fingerprint density at radius 2 is 1.66 bits per heavy atom. The number of nitrogens with one attached hydrogen (secondary N) is 1. The number of hydrogen-bond acceptors (Lipinski definition) is 3. The predicted molar refractivity (Wildman–Crippen MR) is 137 cm³/mol. The number of aromatic carboxylic acids is 1. The number of rotatable bonds is 11. The van der Waals surface area contributed by atoms with Gasteiger partial charge in [-0.05, 0) is 66.8 Å². The van der Waals surface area contributed by atoms with Crippen LogP contribution in [-0.2, 0) is 11.2 Å². The zero-order valence-electron chi connectivity index (χ0n) is 20.4. The lowest BCUT2D eigenvalue weighted by molar-refractivity contribution is -0.115. The van der Waals surface area contributed by atoms with Crippen LogP contribution in [0.2, 0.25) is 0 Å². The van der Waals surface area contributed by atoms with Gasteiger partial charge in [0.25, 0.3) is 0 Å². The standard InChI is InChI=1S/C29H32FNO4/c1-4-6-23(7-5-2)35-27-15-12-21(25-18-22(30)13-14-24(25)29(33)34)17-26(27)31-28(32)16-20-10-8-19(3)9-11-20/h8-15,17-18,23H,4-7,16H2,1-3H3,(H,31,32)(H,33,34). The van der Waals surface area contributed by atoms with Crippen LogP contribution < -0.4 is 10.1 Å². The Bertz CT molecular complexity index is 1170. The van der Waals surface area contributed by atoms with Crippen molar-refractivity contribution in [2.75, 3.05) is 5.32 Å². The normalized spacial score (nSPS) is 10.9. The Labute approximate surface area is 206 Å². The molecule has 2 N–H and O–H groups in total. The Morgan fingerprint density at radius 1 is 0.971 bits per heavy atom. The Balaban J connectivity index is 1.98. The highest BCUT2D eigenvalue weighted by Crippen LogP contribution is 2.34. The van der Waals surface area contributed by atoms with Gasteiger partial charge < -0.3 is 15.2 Å². The van der Waals surface area contributed by atoms with Gasteiger partial charge in [0.1, 0.15) is 11.6 Å². The largest absolute Gasteiger partial charge is 0.488 e. The van der Waals surface area contributed by atoms with Gasteiger partial charge in [-0.25, -0.2) is 9.18 Å². The number of ether oxygens (including phenoxy) is 1. The number of carbonyl (C=O) groups is 2. The minimum atomic E-state index is -1.16. The number of aryl methyl sites for hydroxylation is 1. The molecule has 3 aromatic rings. The second kappa shape index (κ2) is 12.2. The van der Waals surface area contributed by atoms with E-state index in [0.717, 1.165) is 42.9 Å². The summed E-state index contributed by atoms with van der Waals surface area (Å²) in [4.78, 5) is 24.6. The minimum absolute atomic E-state index is 0.00708. The van der Waals surface area contributed by atoms with E-state index in [1.807, 2.05) is 31.2 Å². The number of hydrogen-bond donors (Lipinski definition) is 2. The molecule has 6 heteroatoms. The smallest absolute Gasteiger partial charge is 0.336 e. The van der Waals surface area contributed by atoms with Crippen molar-refractivity contribution in [3.05, 3.63) is 83.2 Å². The van der Waals surface area contributed by atoms with Crippen molar-refractivity contribution >= 4 is 17.6 Å². The lowest BCUT2D eigenvalue weighted by Crippen LogP contribution is -2.19. The van der Waals surface area contributed by atoms with Gasteiger partial charge in [0, 0.05) is 0 Å². The van der Waals surface area contributed by atoms with E-state index in [1.165, 1.54) is 12.1 Å². The van der Waals surface area contributed by atoms with Crippen LogP contribution in [-0.4, -0.2) is 23.1 Å². The van der Waals surface area contributed by atoms with Crippen LogP contribution in [0.1, 0.15) is 61.0 Å². The third kappa shape index (κ3) is 7.15. The van der Waals surface area contributed by atoms with Crippen LogP contribution >= 0.6 is 0 Å². The first-order valence-electron chi connectivity index (χ1n) is 12.0. The topological polar surface area (TPSA) is 75.6 Å². The molecular formula is C29H32FNO4. The molecule has 0 heterocycles. The molecule has 0 spiro atoms. The SMILES string of the molecule is CCCC(CCC)Oc1ccc(-c2cc(F)ccc2C(=O)O)cc1NC(=O)Cc1ccc(C)cc1. The summed E-state index contributed by atoms with van der Waals surface area (Å²) < 4.78 is 20.3. The maximum absolute atomic E-state index is 14.0. The Kier molecular flexibility index (Phi) is 9.01. The van der Waals surface area contributed by atoms with Crippen LogP contribution in [0.3, 0.4) is 0 Å². The van der Waals surface area contributed by atoms with Gasteiger partial charge in [-0.3, -0.25) is 4.79 Å². The quantitative estimate of drug-likeness (QED) is 0.311. The van der Waals surface area contributed by atoms with E-state index < -0.39 is 11.8 Å². The van der Waals surface area contributed by atoms with Crippen molar-refractivity contribution in [1.82, 2.24) is 0 Å². The van der Waals surface area contributed by atoms with E-state index in [-0.39, 0.29) is 29.6 Å². The third-order valence-corrected chi connectivity index (χ3v) is 5.78. The molecule has 35 heavy (non-hydrogen) atoms. The molecule has 184 valence electrons. The van der Waals surface area contributed by atoms with Gasteiger partial charge in [-0.1, -0.05) is 62.6 Å². The van der Waals surface area contributed by atoms with Crippen LogP contribution in [0.4, 0.5) is 10.1 Å². The molecule has 0 fully saturated rings. The molecule has 0 saturated heterocycles. The molecule has 0 saturated carbocycles. The minimum Gasteiger partial charge on any atom is -0.488 e. The number of carboxylic acids is 1. The highest BCUT2D eigenvalue weighted by molar-refractivity contribution is 5.98. The highest BCUT2D eigenvalue weighted by atomic mass is 19.1. The number of benzene rings is 3. The van der Waals surface area contributed by atoms with Crippen molar-refractivity contribution in [3.63, 3.8) is 0 Å². The summed E-state index contributed by atoms with van der Waals surface area (Å²) in [7, 11) is 0. The molecule has 0 radical (unpaired) electrons. The first-order chi connectivity index (χ1) is 16.8. The molecule has 0 unspecified atom stereocenters. The lowest BCUT2D eigenvalue weighted by atomic mass is 9.98. The van der Waals surface area contributed by atoms with E-state index in [2.05, 4.69) is 19.2 Å². The number of carbonyl (C=O) groups excluding carboxylic acids is 1. The van der Waals surface area contributed by atoms with Crippen molar-refractivity contribution in [2.45, 2.75) is 59.0 Å². The van der Waals surface area contributed by atoms with E-state index in [0.29, 0.717) is 17.0 Å². The van der Waals surface area contributed by atoms with Crippen molar-refractivity contribution in [3.8, 4) is 16.9 Å². The predicted octanol–water partition coefficient (Wildman–Crippen LogP) is 7.03. The summed E-state index contributed by atoms with van der Waals surface area (Å²) >= 11 is 0. The average molecular weight is 478 g/mol. The van der Waals surface area contributed by atoms with Crippen LogP contribution in [0.15, 0.2) is 60.7 Å². The molecule has 0 aliphatic carbocycles. The summed E-state index contributed by atoms with van der Waals surface area (Å²) in [6, 6.07) is 16.3. The summed E-state index contributed by atoms with van der Waals surface area (Å²) in [6.45, 7) is 6.17. The van der Waals surface area contributed by atoms with Gasteiger partial charge in [-0.2, -0.15) is 0 Å². The fraction of sp³-hybridized carbons (Fsp3) is 0.310. The van der Waals surface area contributed by atoms with Gasteiger partial charge in [-0.15, -0.1) is 0 Å². The molecule has 3 aromatic carbocycles. The molecule has 0 bridgehead atoms. The summed E-state index contributed by atoms with van der Waals surface area (Å²) in [6.07, 6.45) is 3.84. The molecular weight excluding hydrogens is 445 g/mol. The second-order valence-corrected chi connectivity index (χ2v) is 8.73. The van der Waals surface area contributed by atoms with Crippen molar-refractivity contribution in [1.29, 1.82) is 0 Å². The number of carboxylic acid groups (broad SMARTS) is 1. The molecule has 3 rings (SSSR count). The fourth-order valence-electron chi connectivity index (χ4n) is 4.01. The van der Waals surface area contributed by atoms with Crippen LogP contribution in [0, 0.1) is 12.7 Å². The maximum Gasteiger partial charge on any atom is 0.336 e. The average Bonchev–Trinajstić information content (AvgIpc) is 2.81. The molecule has 0 aromatic heterocycles. The first-order valence-corrected chi connectivity index (χ1v) is 12.0. The molecule has 0 aliphatic heterocycles. The molecule has 1 amide bonds. The molecule has 0 aliphatic rings. The number of anilines is 1. The van der Waals surface area contributed by atoms with Crippen LogP contribution in [0.5, 0.6) is 5.75 Å². The molecule has 5 nitrogen and oxygen atoms in total. The summed E-state index contributed by atoms with van der Waals surface area (Å²) in [5.74, 6) is -1.42. The summed E-state index contributed by atoms with van der Waals surface area (Å²) in [5, 5.41) is 12.5. The Morgan fingerprint density at radius 3 is 2.29 bits per heavy atom. The van der Waals surface area contributed by atoms with E-state index in [9.17, 15) is 19.1 Å². The number of halogens is 1. The van der Waals surface area contributed by atoms with Gasteiger partial charge in [0.15, 0.2) is 0 Å². The van der Waals surface area contributed by atoms with Gasteiger partial charge >= 0.3 is 5.97 Å². The Hall–Kier alpha value is -3.67. The first kappa shape index (κ1) is 25.9. The van der Waals surface area contributed by atoms with Crippen molar-refractivity contribution in [2.24, 2.45) is 0 Å². The fourth-order valence-corrected chi connectivity index (χ4v) is 4.01. The van der Waals surface area contributed by atoms with Gasteiger partial charge in [0.05, 0.1) is 23.8 Å². The third-order valence-electron chi connectivity index (χ3n) is 5.78. The maximum atomic E-state index is 14.0.